The number of carbonyl (C=O) groups excluding carboxylic acids is 1. The Labute approximate surface area is 114 Å². The highest BCUT2D eigenvalue weighted by atomic mass is 79.9. The van der Waals surface area contributed by atoms with Gasteiger partial charge in [0, 0.05) is 17.4 Å². The summed E-state index contributed by atoms with van der Waals surface area (Å²) in [5, 5.41) is 12.8. The molecule has 1 unspecified atom stereocenters. The molecule has 2 N–H and O–H groups in total. The highest BCUT2D eigenvalue weighted by Crippen LogP contribution is 2.24. The van der Waals surface area contributed by atoms with Crippen LogP contribution in [0.4, 0.5) is 0 Å². The van der Waals surface area contributed by atoms with Crippen LogP contribution in [0.25, 0.3) is 0 Å². The van der Waals surface area contributed by atoms with Gasteiger partial charge in [0.15, 0.2) is 0 Å². The minimum absolute atomic E-state index is 0.0788. The van der Waals surface area contributed by atoms with Crippen molar-refractivity contribution in [3.8, 4) is 5.75 Å². The number of benzene rings is 1. The van der Waals surface area contributed by atoms with Crippen LogP contribution >= 0.6 is 27.7 Å². The van der Waals surface area contributed by atoms with Crippen LogP contribution < -0.4 is 5.32 Å². The third-order valence-electron chi connectivity index (χ3n) is 2.45. The van der Waals surface area contributed by atoms with Gasteiger partial charge in [0.05, 0.1) is 4.47 Å². The van der Waals surface area contributed by atoms with E-state index in [0.29, 0.717) is 21.8 Å². The SMILES string of the molecule is CSC(C)CCNC(=O)c1ccc(Br)c(O)c1. The summed E-state index contributed by atoms with van der Waals surface area (Å²) in [5.41, 5.74) is 0.475. The van der Waals surface area contributed by atoms with Crippen molar-refractivity contribution >= 4 is 33.6 Å². The van der Waals surface area contributed by atoms with Crippen LogP contribution in [0, 0.1) is 0 Å². The molecule has 0 saturated heterocycles. The summed E-state index contributed by atoms with van der Waals surface area (Å²) < 4.78 is 0.588. The zero-order chi connectivity index (χ0) is 12.8. The molecule has 3 nitrogen and oxygen atoms in total. The monoisotopic (exact) mass is 317 g/mol. The van der Waals surface area contributed by atoms with Crippen molar-refractivity contribution in [3.63, 3.8) is 0 Å². The highest BCUT2D eigenvalue weighted by molar-refractivity contribution is 9.10. The topological polar surface area (TPSA) is 49.3 Å². The molecule has 0 aliphatic rings. The molecule has 0 saturated carbocycles. The second-order valence-corrected chi connectivity index (χ2v) is 5.89. The maximum Gasteiger partial charge on any atom is 0.251 e. The van der Waals surface area contributed by atoms with Crippen molar-refractivity contribution in [1.82, 2.24) is 5.32 Å². The normalized spacial score (nSPS) is 12.2. The second kappa shape index (κ2) is 6.91. The first-order valence-electron chi connectivity index (χ1n) is 5.34. The van der Waals surface area contributed by atoms with E-state index >= 15 is 0 Å². The zero-order valence-corrected chi connectivity index (χ0v) is 12.3. The predicted molar refractivity (Wildman–Crippen MR) is 75.7 cm³/mol. The van der Waals surface area contributed by atoms with Crippen molar-refractivity contribution in [2.75, 3.05) is 12.8 Å². The van der Waals surface area contributed by atoms with Gasteiger partial charge in [0.25, 0.3) is 5.91 Å². The smallest absolute Gasteiger partial charge is 0.251 e. The van der Waals surface area contributed by atoms with E-state index in [4.69, 9.17) is 0 Å². The maximum absolute atomic E-state index is 11.7. The van der Waals surface area contributed by atoms with Gasteiger partial charge in [0.2, 0.25) is 0 Å². The van der Waals surface area contributed by atoms with Gasteiger partial charge in [-0.3, -0.25) is 4.79 Å². The van der Waals surface area contributed by atoms with Crippen molar-refractivity contribution in [1.29, 1.82) is 0 Å². The molecule has 0 aliphatic heterocycles. The lowest BCUT2D eigenvalue weighted by atomic mass is 10.2. The van der Waals surface area contributed by atoms with E-state index in [1.54, 1.807) is 23.9 Å². The third-order valence-corrected chi connectivity index (χ3v) is 4.16. The van der Waals surface area contributed by atoms with Gasteiger partial charge in [-0.2, -0.15) is 11.8 Å². The molecular formula is C12H16BrNO2S. The molecule has 1 rings (SSSR count). The van der Waals surface area contributed by atoms with E-state index in [-0.39, 0.29) is 11.7 Å². The quantitative estimate of drug-likeness (QED) is 0.877. The molecule has 0 heterocycles. The van der Waals surface area contributed by atoms with E-state index in [9.17, 15) is 9.90 Å². The number of aromatic hydroxyl groups is 1. The summed E-state index contributed by atoms with van der Waals surface area (Å²) in [4.78, 5) is 11.7. The summed E-state index contributed by atoms with van der Waals surface area (Å²) in [7, 11) is 0. The van der Waals surface area contributed by atoms with E-state index < -0.39 is 0 Å². The molecule has 0 aromatic heterocycles. The van der Waals surface area contributed by atoms with Crippen LogP contribution in [-0.2, 0) is 0 Å². The Morgan fingerprint density at radius 3 is 2.88 bits per heavy atom. The molecule has 0 bridgehead atoms. The first-order valence-corrected chi connectivity index (χ1v) is 7.42. The second-order valence-electron chi connectivity index (χ2n) is 3.76. The fraction of sp³-hybridized carbons (Fsp3) is 0.417. The Morgan fingerprint density at radius 1 is 1.59 bits per heavy atom. The van der Waals surface area contributed by atoms with Crippen LogP contribution in [0.2, 0.25) is 0 Å². The molecule has 1 aromatic carbocycles. The predicted octanol–water partition coefficient (Wildman–Crippen LogP) is 3.03. The molecule has 0 fully saturated rings. The average molecular weight is 318 g/mol. The Hall–Kier alpha value is -0.680. The average Bonchev–Trinajstić information content (AvgIpc) is 2.32. The molecule has 94 valence electrons. The molecule has 0 radical (unpaired) electrons. The van der Waals surface area contributed by atoms with E-state index in [2.05, 4.69) is 34.4 Å². The van der Waals surface area contributed by atoms with E-state index in [1.807, 2.05) is 0 Å². The molecule has 1 atom stereocenters. The Bertz CT molecular complexity index is 398. The fourth-order valence-electron chi connectivity index (χ4n) is 1.26. The van der Waals surface area contributed by atoms with Crippen LogP contribution in [0.3, 0.4) is 0 Å². The molecule has 0 aliphatic carbocycles. The lowest BCUT2D eigenvalue weighted by Gasteiger charge is -2.09. The molecule has 0 spiro atoms. The Morgan fingerprint density at radius 2 is 2.29 bits per heavy atom. The molecular weight excluding hydrogens is 302 g/mol. The van der Waals surface area contributed by atoms with Gasteiger partial charge >= 0.3 is 0 Å². The molecule has 1 aromatic rings. The van der Waals surface area contributed by atoms with Gasteiger partial charge in [-0.15, -0.1) is 0 Å². The number of phenolic OH excluding ortho intramolecular Hbond substituents is 1. The van der Waals surface area contributed by atoms with Crippen molar-refractivity contribution < 1.29 is 9.90 Å². The first kappa shape index (κ1) is 14.4. The minimum atomic E-state index is -0.152. The van der Waals surface area contributed by atoms with Gasteiger partial charge < -0.3 is 10.4 Å². The number of halogens is 1. The third kappa shape index (κ3) is 4.60. The number of carbonyl (C=O) groups is 1. The van der Waals surface area contributed by atoms with Gasteiger partial charge in [-0.25, -0.2) is 0 Å². The summed E-state index contributed by atoms with van der Waals surface area (Å²) >= 11 is 4.95. The van der Waals surface area contributed by atoms with Crippen molar-refractivity contribution in [3.05, 3.63) is 28.2 Å². The lowest BCUT2D eigenvalue weighted by molar-refractivity contribution is 0.0953. The van der Waals surface area contributed by atoms with Crippen molar-refractivity contribution in [2.24, 2.45) is 0 Å². The minimum Gasteiger partial charge on any atom is -0.507 e. The number of amides is 1. The number of nitrogens with one attached hydrogen (secondary N) is 1. The summed E-state index contributed by atoms with van der Waals surface area (Å²) in [6.45, 7) is 2.78. The first-order chi connectivity index (χ1) is 8.04. The fourth-order valence-corrected chi connectivity index (χ4v) is 1.86. The van der Waals surface area contributed by atoms with Crippen LogP contribution in [0.5, 0.6) is 5.75 Å². The van der Waals surface area contributed by atoms with Gasteiger partial charge in [-0.05, 0) is 46.8 Å². The summed E-state index contributed by atoms with van der Waals surface area (Å²) in [6.07, 6.45) is 2.99. The van der Waals surface area contributed by atoms with Gasteiger partial charge in [-0.1, -0.05) is 6.92 Å². The number of rotatable bonds is 5. The van der Waals surface area contributed by atoms with E-state index in [1.165, 1.54) is 6.07 Å². The zero-order valence-electron chi connectivity index (χ0n) is 9.87. The Kier molecular flexibility index (Phi) is 5.85. The number of thioether (sulfide) groups is 1. The van der Waals surface area contributed by atoms with Crippen LogP contribution in [0.15, 0.2) is 22.7 Å². The standard InChI is InChI=1S/C12H16BrNO2S/c1-8(17-2)5-6-14-12(16)9-3-4-10(13)11(15)7-9/h3-4,7-8,15H,5-6H2,1-2H3,(H,14,16). The molecule has 1 amide bonds. The summed E-state index contributed by atoms with van der Waals surface area (Å²) in [6, 6.07) is 4.79. The Balaban J connectivity index is 2.50. The van der Waals surface area contributed by atoms with Crippen LogP contribution in [-0.4, -0.2) is 29.1 Å². The van der Waals surface area contributed by atoms with Crippen LogP contribution in [0.1, 0.15) is 23.7 Å². The largest absolute Gasteiger partial charge is 0.507 e. The maximum atomic E-state index is 11.7. The number of hydrogen-bond acceptors (Lipinski definition) is 3. The number of phenols is 1. The lowest BCUT2D eigenvalue weighted by Crippen LogP contribution is -2.25. The summed E-state index contributed by atoms with van der Waals surface area (Å²) in [5.74, 6) is -0.0729. The van der Waals surface area contributed by atoms with Gasteiger partial charge in [0.1, 0.15) is 5.75 Å². The molecule has 17 heavy (non-hydrogen) atoms. The molecule has 5 heteroatoms. The van der Waals surface area contributed by atoms with E-state index in [0.717, 1.165) is 6.42 Å². The highest BCUT2D eigenvalue weighted by Gasteiger charge is 2.08. The number of hydrogen-bond donors (Lipinski definition) is 2. The van der Waals surface area contributed by atoms with Crippen molar-refractivity contribution in [2.45, 2.75) is 18.6 Å².